The van der Waals surface area contributed by atoms with Gasteiger partial charge in [0.25, 0.3) is 0 Å². The van der Waals surface area contributed by atoms with E-state index in [1.807, 2.05) is 6.92 Å². The maximum Gasteiger partial charge on any atom is 0.240 e. The van der Waals surface area contributed by atoms with Crippen molar-refractivity contribution >= 4 is 26.0 Å². The van der Waals surface area contributed by atoms with Gasteiger partial charge in [0, 0.05) is 16.9 Å². The summed E-state index contributed by atoms with van der Waals surface area (Å²) in [6.07, 6.45) is 0. The van der Waals surface area contributed by atoms with Gasteiger partial charge in [-0.2, -0.15) is 0 Å². The normalized spacial score (nSPS) is 13.8. The number of nitrogens with one attached hydrogen (secondary N) is 2. The molecular weight excluding hydrogens is 316 g/mol. The van der Waals surface area contributed by atoms with Gasteiger partial charge in [0.1, 0.15) is 0 Å². The summed E-state index contributed by atoms with van der Waals surface area (Å²) < 4.78 is 27.5. The fourth-order valence-corrected chi connectivity index (χ4v) is 3.15. The molecule has 0 spiro atoms. The fraction of sp³-hybridized carbons (Fsp3) is 0.500. The summed E-state index contributed by atoms with van der Waals surface area (Å²) in [6.45, 7) is 3.43. The largest absolute Gasteiger partial charge is 0.340 e. The van der Waals surface area contributed by atoms with Gasteiger partial charge < -0.3 is 4.90 Å². The van der Waals surface area contributed by atoms with E-state index in [-0.39, 0.29) is 0 Å². The molecule has 0 heterocycles. The molecule has 0 aromatic heterocycles. The SMILES string of the molecule is C[C@@H](CNS(=O)(=O)c1ccc(Br)cc1)C[NH+](C)C. The third-order valence-electron chi connectivity index (χ3n) is 2.50. The van der Waals surface area contributed by atoms with Crippen molar-refractivity contribution in [2.24, 2.45) is 5.92 Å². The molecule has 4 nitrogen and oxygen atoms in total. The van der Waals surface area contributed by atoms with E-state index in [0.29, 0.717) is 17.4 Å². The molecule has 0 aliphatic heterocycles. The number of hydrogen-bond donors (Lipinski definition) is 2. The van der Waals surface area contributed by atoms with Crippen LogP contribution < -0.4 is 9.62 Å². The number of quaternary nitrogens is 1. The minimum Gasteiger partial charge on any atom is -0.340 e. The quantitative estimate of drug-likeness (QED) is 0.795. The molecule has 0 radical (unpaired) electrons. The van der Waals surface area contributed by atoms with Gasteiger partial charge in [-0.15, -0.1) is 0 Å². The average molecular weight is 336 g/mol. The van der Waals surface area contributed by atoms with Crippen molar-refractivity contribution in [2.75, 3.05) is 27.2 Å². The molecule has 2 N–H and O–H groups in total. The first-order valence-electron chi connectivity index (χ1n) is 5.85. The Hall–Kier alpha value is -0.430. The van der Waals surface area contributed by atoms with Crippen molar-refractivity contribution in [3.8, 4) is 0 Å². The molecule has 0 fully saturated rings. The van der Waals surface area contributed by atoms with Crippen molar-refractivity contribution < 1.29 is 13.3 Å². The van der Waals surface area contributed by atoms with E-state index in [9.17, 15) is 8.42 Å². The van der Waals surface area contributed by atoms with Gasteiger partial charge in [0.05, 0.1) is 25.5 Å². The van der Waals surface area contributed by atoms with Gasteiger partial charge in [-0.25, -0.2) is 13.1 Å². The summed E-state index contributed by atoms with van der Waals surface area (Å²) in [6, 6.07) is 6.63. The predicted octanol–water partition coefficient (Wildman–Crippen LogP) is 0.508. The maximum atomic E-state index is 12.0. The molecule has 0 amide bonds. The Morgan fingerprint density at radius 3 is 2.33 bits per heavy atom. The van der Waals surface area contributed by atoms with Crippen LogP contribution >= 0.6 is 15.9 Å². The lowest BCUT2D eigenvalue weighted by Crippen LogP contribution is -3.06. The third kappa shape index (κ3) is 5.06. The van der Waals surface area contributed by atoms with Crippen molar-refractivity contribution in [1.82, 2.24) is 4.72 Å². The van der Waals surface area contributed by atoms with Gasteiger partial charge in [-0.3, -0.25) is 0 Å². The number of halogens is 1. The van der Waals surface area contributed by atoms with Crippen LogP contribution in [0, 0.1) is 5.92 Å². The van der Waals surface area contributed by atoms with Crippen LogP contribution in [0.15, 0.2) is 33.6 Å². The lowest BCUT2D eigenvalue weighted by Gasteiger charge is -2.15. The Kier molecular flexibility index (Phi) is 5.78. The number of rotatable bonds is 6. The van der Waals surface area contributed by atoms with Crippen LogP contribution in [-0.2, 0) is 10.0 Å². The van der Waals surface area contributed by atoms with Crippen LogP contribution in [0.3, 0.4) is 0 Å². The standard InChI is InChI=1S/C12H19BrN2O2S/c1-10(9-15(2)3)8-14-18(16,17)12-6-4-11(13)5-7-12/h4-7,10,14H,8-9H2,1-3H3/p+1/t10-/m0/s1. The first-order chi connectivity index (χ1) is 8.31. The van der Waals surface area contributed by atoms with Crippen molar-refractivity contribution in [1.29, 1.82) is 0 Å². The van der Waals surface area contributed by atoms with Crippen LogP contribution in [0.1, 0.15) is 6.92 Å². The van der Waals surface area contributed by atoms with Gasteiger partial charge >= 0.3 is 0 Å². The summed E-state index contributed by atoms with van der Waals surface area (Å²) in [5, 5.41) is 0. The second kappa shape index (κ2) is 6.65. The molecule has 0 aliphatic rings. The molecule has 0 aliphatic carbocycles. The molecule has 0 saturated carbocycles. The Morgan fingerprint density at radius 1 is 1.28 bits per heavy atom. The molecular formula is C12H20BrN2O2S+. The number of benzene rings is 1. The second-order valence-electron chi connectivity index (χ2n) is 4.82. The fourth-order valence-electron chi connectivity index (χ4n) is 1.72. The lowest BCUT2D eigenvalue weighted by molar-refractivity contribution is -0.861. The van der Waals surface area contributed by atoms with Crippen LogP contribution in [0.4, 0.5) is 0 Å². The van der Waals surface area contributed by atoms with Gasteiger partial charge in [0.2, 0.25) is 10.0 Å². The smallest absolute Gasteiger partial charge is 0.240 e. The molecule has 1 rings (SSSR count). The minimum absolute atomic E-state index is 0.301. The zero-order valence-electron chi connectivity index (χ0n) is 10.9. The zero-order chi connectivity index (χ0) is 13.8. The van der Waals surface area contributed by atoms with E-state index < -0.39 is 10.0 Å². The van der Waals surface area contributed by atoms with Crippen molar-refractivity contribution in [3.05, 3.63) is 28.7 Å². The van der Waals surface area contributed by atoms with Gasteiger partial charge in [-0.1, -0.05) is 22.9 Å². The molecule has 0 saturated heterocycles. The average Bonchev–Trinajstić information content (AvgIpc) is 2.26. The molecule has 1 aromatic carbocycles. The highest BCUT2D eigenvalue weighted by atomic mass is 79.9. The summed E-state index contributed by atoms with van der Waals surface area (Å²) in [7, 11) is 0.723. The van der Waals surface area contributed by atoms with E-state index in [1.54, 1.807) is 24.3 Å². The van der Waals surface area contributed by atoms with E-state index in [0.717, 1.165) is 11.0 Å². The van der Waals surface area contributed by atoms with E-state index in [2.05, 4.69) is 34.7 Å². The molecule has 1 aromatic rings. The predicted molar refractivity (Wildman–Crippen MR) is 76.2 cm³/mol. The number of hydrogen-bond acceptors (Lipinski definition) is 2. The Labute approximate surface area is 118 Å². The third-order valence-corrected chi connectivity index (χ3v) is 4.47. The molecule has 0 bridgehead atoms. The first-order valence-corrected chi connectivity index (χ1v) is 8.13. The van der Waals surface area contributed by atoms with E-state index in [1.165, 1.54) is 4.90 Å². The van der Waals surface area contributed by atoms with E-state index in [4.69, 9.17) is 0 Å². The highest BCUT2D eigenvalue weighted by molar-refractivity contribution is 9.10. The lowest BCUT2D eigenvalue weighted by atomic mass is 10.2. The Bertz CT molecular complexity index is 471. The highest BCUT2D eigenvalue weighted by Crippen LogP contribution is 2.14. The summed E-state index contributed by atoms with van der Waals surface area (Å²) in [4.78, 5) is 1.61. The maximum absolute atomic E-state index is 12.0. The Balaban J connectivity index is 2.63. The van der Waals surface area contributed by atoms with Gasteiger partial charge in [0.15, 0.2) is 0 Å². The van der Waals surface area contributed by atoms with Crippen molar-refractivity contribution in [3.63, 3.8) is 0 Å². The van der Waals surface area contributed by atoms with Crippen LogP contribution in [0.2, 0.25) is 0 Å². The summed E-state index contributed by atoms with van der Waals surface area (Å²) in [5.74, 6) is 0.306. The molecule has 102 valence electrons. The van der Waals surface area contributed by atoms with Crippen LogP contribution in [-0.4, -0.2) is 35.6 Å². The Morgan fingerprint density at radius 2 is 1.83 bits per heavy atom. The molecule has 18 heavy (non-hydrogen) atoms. The topological polar surface area (TPSA) is 50.6 Å². The monoisotopic (exact) mass is 335 g/mol. The zero-order valence-corrected chi connectivity index (χ0v) is 13.3. The molecule has 1 atom stereocenters. The van der Waals surface area contributed by atoms with E-state index >= 15 is 0 Å². The van der Waals surface area contributed by atoms with Crippen molar-refractivity contribution in [2.45, 2.75) is 11.8 Å². The second-order valence-corrected chi connectivity index (χ2v) is 7.50. The highest BCUT2D eigenvalue weighted by Gasteiger charge is 2.15. The molecule has 6 heteroatoms. The number of sulfonamides is 1. The van der Waals surface area contributed by atoms with Crippen LogP contribution in [0.5, 0.6) is 0 Å². The first kappa shape index (κ1) is 15.6. The van der Waals surface area contributed by atoms with Gasteiger partial charge in [-0.05, 0) is 24.3 Å². The summed E-state index contributed by atoms with van der Waals surface area (Å²) in [5.41, 5.74) is 0. The molecule has 0 unspecified atom stereocenters. The van der Waals surface area contributed by atoms with Crippen LogP contribution in [0.25, 0.3) is 0 Å². The summed E-state index contributed by atoms with van der Waals surface area (Å²) >= 11 is 3.28. The minimum atomic E-state index is -3.39.